The first-order valence-corrected chi connectivity index (χ1v) is 8.07. The molecule has 0 aliphatic heterocycles. The molecule has 1 aliphatic rings. The summed E-state index contributed by atoms with van der Waals surface area (Å²) in [6, 6.07) is 2.59. The average molecular weight is 276 g/mol. The Morgan fingerprint density at radius 1 is 1.10 bits per heavy atom. The fourth-order valence-electron chi connectivity index (χ4n) is 3.07. The minimum absolute atomic E-state index is 0.576. The molecule has 20 heavy (non-hydrogen) atoms. The third-order valence-corrected chi connectivity index (χ3v) is 4.24. The first-order valence-electron chi connectivity index (χ1n) is 8.07. The number of nitrogens with zero attached hydrogens (tertiary/aromatic N) is 2. The van der Waals surface area contributed by atoms with Gasteiger partial charge in [-0.25, -0.2) is 9.97 Å². The number of anilines is 2. The van der Waals surface area contributed by atoms with E-state index in [2.05, 4.69) is 34.4 Å². The van der Waals surface area contributed by atoms with E-state index in [1.807, 2.05) is 13.1 Å². The molecule has 1 heterocycles. The Morgan fingerprint density at radius 3 is 2.40 bits per heavy atom. The Bertz CT molecular complexity index is 389. The van der Waals surface area contributed by atoms with Crippen molar-refractivity contribution in [2.45, 2.75) is 64.8 Å². The Balaban J connectivity index is 1.93. The standard InChI is InChI=1S/C16H28N4/c1-4-6-12-7-9-13(10-8-12)18-16-11-15(17-3)19-14(5-2)20-16/h11-13H,4-10H2,1-3H3,(H2,17,18,19,20). The summed E-state index contributed by atoms with van der Waals surface area (Å²) in [6.07, 6.45) is 8.83. The van der Waals surface area contributed by atoms with Crippen LogP contribution in [0.25, 0.3) is 0 Å². The van der Waals surface area contributed by atoms with E-state index in [1.165, 1.54) is 38.5 Å². The van der Waals surface area contributed by atoms with Gasteiger partial charge < -0.3 is 10.6 Å². The van der Waals surface area contributed by atoms with Gasteiger partial charge in [-0.15, -0.1) is 0 Å². The van der Waals surface area contributed by atoms with Crippen LogP contribution in [0.1, 0.15) is 58.2 Å². The van der Waals surface area contributed by atoms with E-state index in [0.717, 1.165) is 29.8 Å². The SMILES string of the molecule is CCCC1CCC(Nc2cc(NC)nc(CC)n2)CC1. The summed E-state index contributed by atoms with van der Waals surface area (Å²) in [5.74, 6) is 3.72. The Labute approximate surface area is 122 Å². The molecule has 2 N–H and O–H groups in total. The van der Waals surface area contributed by atoms with Crippen molar-refractivity contribution in [3.63, 3.8) is 0 Å². The van der Waals surface area contributed by atoms with Crippen LogP contribution in [-0.2, 0) is 6.42 Å². The van der Waals surface area contributed by atoms with Gasteiger partial charge >= 0.3 is 0 Å². The lowest BCUT2D eigenvalue weighted by Crippen LogP contribution is -2.26. The zero-order valence-corrected chi connectivity index (χ0v) is 13.1. The maximum absolute atomic E-state index is 4.59. The van der Waals surface area contributed by atoms with E-state index >= 15 is 0 Å². The van der Waals surface area contributed by atoms with Gasteiger partial charge in [0.05, 0.1) is 0 Å². The molecule has 0 atom stereocenters. The van der Waals surface area contributed by atoms with Gasteiger partial charge in [0.1, 0.15) is 17.5 Å². The van der Waals surface area contributed by atoms with Crippen LogP contribution in [0.3, 0.4) is 0 Å². The molecule has 0 bridgehead atoms. The lowest BCUT2D eigenvalue weighted by molar-refractivity contribution is 0.318. The quantitative estimate of drug-likeness (QED) is 0.828. The molecule has 112 valence electrons. The molecule has 1 saturated carbocycles. The van der Waals surface area contributed by atoms with Gasteiger partial charge in [-0.2, -0.15) is 0 Å². The summed E-state index contributed by atoms with van der Waals surface area (Å²) < 4.78 is 0. The van der Waals surface area contributed by atoms with Crippen molar-refractivity contribution in [1.29, 1.82) is 0 Å². The Morgan fingerprint density at radius 2 is 1.80 bits per heavy atom. The molecule has 0 aromatic carbocycles. The summed E-state index contributed by atoms with van der Waals surface area (Å²) in [6.45, 7) is 4.38. The van der Waals surface area contributed by atoms with Gasteiger partial charge in [-0.05, 0) is 31.6 Å². The fraction of sp³-hybridized carbons (Fsp3) is 0.750. The van der Waals surface area contributed by atoms with Crippen molar-refractivity contribution in [3.05, 3.63) is 11.9 Å². The van der Waals surface area contributed by atoms with Crippen LogP contribution in [-0.4, -0.2) is 23.1 Å². The van der Waals surface area contributed by atoms with E-state index in [9.17, 15) is 0 Å². The number of aryl methyl sites for hydroxylation is 1. The second kappa shape index (κ2) is 7.46. The molecule has 1 aromatic heterocycles. The van der Waals surface area contributed by atoms with Gasteiger partial charge in [-0.3, -0.25) is 0 Å². The predicted octanol–water partition coefficient (Wildman–Crippen LogP) is 3.85. The molecular weight excluding hydrogens is 248 g/mol. The van der Waals surface area contributed by atoms with E-state index in [-0.39, 0.29) is 0 Å². The van der Waals surface area contributed by atoms with Crippen molar-refractivity contribution < 1.29 is 0 Å². The Kier molecular flexibility index (Phi) is 5.62. The van der Waals surface area contributed by atoms with Gasteiger partial charge in [0.25, 0.3) is 0 Å². The molecule has 2 rings (SSSR count). The van der Waals surface area contributed by atoms with Crippen molar-refractivity contribution in [2.75, 3.05) is 17.7 Å². The van der Waals surface area contributed by atoms with Crippen molar-refractivity contribution in [2.24, 2.45) is 5.92 Å². The molecular formula is C16H28N4. The minimum atomic E-state index is 0.576. The summed E-state index contributed by atoms with van der Waals surface area (Å²) in [5, 5.41) is 6.71. The zero-order chi connectivity index (χ0) is 14.4. The molecule has 1 aliphatic carbocycles. The van der Waals surface area contributed by atoms with Crippen LogP contribution in [0, 0.1) is 5.92 Å². The molecule has 4 nitrogen and oxygen atoms in total. The number of nitrogens with one attached hydrogen (secondary N) is 2. The van der Waals surface area contributed by atoms with E-state index in [0.29, 0.717) is 6.04 Å². The molecule has 4 heteroatoms. The second-order valence-corrected chi connectivity index (χ2v) is 5.81. The number of hydrogen-bond acceptors (Lipinski definition) is 4. The highest BCUT2D eigenvalue weighted by Crippen LogP contribution is 2.29. The van der Waals surface area contributed by atoms with Crippen LogP contribution >= 0.6 is 0 Å². The largest absolute Gasteiger partial charge is 0.373 e. The van der Waals surface area contributed by atoms with E-state index in [1.54, 1.807) is 0 Å². The summed E-state index contributed by atoms with van der Waals surface area (Å²) in [5.41, 5.74) is 0. The summed E-state index contributed by atoms with van der Waals surface area (Å²) >= 11 is 0. The fourth-order valence-corrected chi connectivity index (χ4v) is 3.07. The zero-order valence-electron chi connectivity index (χ0n) is 13.1. The highest BCUT2D eigenvalue weighted by Gasteiger charge is 2.20. The molecule has 0 unspecified atom stereocenters. The highest BCUT2D eigenvalue weighted by molar-refractivity contribution is 5.47. The topological polar surface area (TPSA) is 49.8 Å². The first-order chi connectivity index (χ1) is 9.75. The third kappa shape index (κ3) is 4.09. The molecule has 0 amide bonds. The number of rotatable bonds is 6. The maximum Gasteiger partial charge on any atom is 0.132 e. The van der Waals surface area contributed by atoms with Gasteiger partial charge in [0.2, 0.25) is 0 Å². The monoisotopic (exact) mass is 276 g/mol. The second-order valence-electron chi connectivity index (χ2n) is 5.81. The van der Waals surface area contributed by atoms with E-state index in [4.69, 9.17) is 0 Å². The first kappa shape index (κ1) is 15.1. The van der Waals surface area contributed by atoms with Crippen molar-refractivity contribution in [1.82, 2.24) is 9.97 Å². The van der Waals surface area contributed by atoms with Gasteiger partial charge in [0.15, 0.2) is 0 Å². The van der Waals surface area contributed by atoms with E-state index < -0.39 is 0 Å². The lowest BCUT2D eigenvalue weighted by atomic mass is 9.83. The maximum atomic E-state index is 4.59. The number of aromatic nitrogens is 2. The van der Waals surface area contributed by atoms with Gasteiger partial charge in [-0.1, -0.05) is 26.7 Å². The van der Waals surface area contributed by atoms with Crippen LogP contribution in [0.4, 0.5) is 11.6 Å². The minimum Gasteiger partial charge on any atom is -0.373 e. The predicted molar refractivity (Wildman–Crippen MR) is 85.2 cm³/mol. The number of hydrogen-bond donors (Lipinski definition) is 2. The van der Waals surface area contributed by atoms with Crippen LogP contribution in [0.2, 0.25) is 0 Å². The third-order valence-electron chi connectivity index (χ3n) is 4.24. The highest BCUT2D eigenvalue weighted by atomic mass is 15.1. The summed E-state index contributed by atoms with van der Waals surface area (Å²) in [4.78, 5) is 9.02. The molecule has 0 radical (unpaired) electrons. The smallest absolute Gasteiger partial charge is 0.132 e. The Hall–Kier alpha value is -1.32. The molecule has 1 aromatic rings. The normalized spacial score (nSPS) is 22.6. The van der Waals surface area contributed by atoms with Crippen LogP contribution in [0.5, 0.6) is 0 Å². The molecule has 0 spiro atoms. The van der Waals surface area contributed by atoms with Gasteiger partial charge in [0, 0.05) is 25.6 Å². The van der Waals surface area contributed by atoms with Crippen molar-refractivity contribution >= 4 is 11.6 Å². The summed E-state index contributed by atoms with van der Waals surface area (Å²) in [7, 11) is 1.90. The lowest BCUT2D eigenvalue weighted by Gasteiger charge is -2.29. The molecule has 0 saturated heterocycles. The average Bonchev–Trinajstić information content (AvgIpc) is 2.49. The van der Waals surface area contributed by atoms with Crippen molar-refractivity contribution in [3.8, 4) is 0 Å². The molecule has 1 fully saturated rings. The van der Waals surface area contributed by atoms with Crippen LogP contribution < -0.4 is 10.6 Å². The van der Waals surface area contributed by atoms with Crippen LogP contribution in [0.15, 0.2) is 6.07 Å².